The average molecular weight is 563 g/mol. The lowest BCUT2D eigenvalue weighted by molar-refractivity contribution is 0.122. The molecule has 10 nitrogen and oxygen atoms in total. The summed E-state index contributed by atoms with van der Waals surface area (Å²) < 4.78 is 38.3. The molecule has 0 atom stereocenters. The first kappa shape index (κ1) is 25.2. The van der Waals surface area contributed by atoms with E-state index in [1.165, 1.54) is 18.4 Å². The maximum atomic E-state index is 12.8. The second-order valence-corrected chi connectivity index (χ2v) is 10.9. The van der Waals surface area contributed by atoms with Crippen LogP contribution in [0.3, 0.4) is 0 Å². The van der Waals surface area contributed by atoms with Gasteiger partial charge in [-0.2, -0.15) is 4.98 Å². The Hall–Kier alpha value is -2.93. The fourth-order valence-corrected chi connectivity index (χ4v) is 4.90. The van der Waals surface area contributed by atoms with E-state index in [0.717, 1.165) is 18.8 Å². The molecule has 2 heterocycles. The van der Waals surface area contributed by atoms with Gasteiger partial charge in [-0.15, -0.1) is 0 Å². The quantitative estimate of drug-likeness (QED) is 0.423. The SMILES string of the molecule is COc1ccc(N2CCOCC2)cc1Nc1ncc(Br)c(Nc2ccccc2S(=O)(=O)N(C)C)n1. The van der Waals surface area contributed by atoms with Crippen molar-refractivity contribution in [3.8, 4) is 5.75 Å². The molecule has 1 fully saturated rings. The number of rotatable bonds is 8. The van der Waals surface area contributed by atoms with E-state index in [1.807, 2.05) is 18.2 Å². The zero-order valence-electron chi connectivity index (χ0n) is 19.7. The molecule has 3 aromatic rings. The van der Waals surface area contributed by atoms with Gasteiger partial charge in [0.25, 0.3) is 0 Å². The maximum Gasteiger partial charge on any atom is 0.244 e. The normalized spacial score (nSPS) is 14.1. The third-order valence-electron chi connectivity index (χ3n) is 5.45. The molecular formula is C23H27BrN6O4S. The van der Waals surface area contributed by atoms with Crippen molar-refractivity contribution >= 4 is 54.8 Å². The summed E-state index contributed by atoms with van der Waals surface area (Å²) in [5, 5.41) is 6.35. The van der Waals surface area contributed by atoms with Crippen molar-refractivity contribution in [3.63, 3.8) is 0 Å². The second-order valence-electron chi connectivity index (χ2n) is 7.91. The minimum absolute atomic E-state index is 0.143. The average Bonchev–Trinajstić information content (AvgIpc) is 2.86. The number of morpholine rings is 1. The number of hydrogen-bond acceptors (Lipinski definition) is 9. The van der Waals surface area contributed by atoms with Crippen molar-refractivity contribution in [2.45, 2.75) is 4.90 Å². The molecule has 12 heteroatoms. The van der Waals surface area contributed by atoms with E-state index in [9.17, 15) is 8.42 Å². The van der Waals surface area contributed by atoms with Crippen molar-refractivity contribution < 1.29 is 17.9 Å². The number of para-hydroxylation sites is 1. The van der Waals surface area contributed by atoms with Gasteiger partial charge in [-0.1, -0.05) is 12.1 Å². The molecule has 1 aliphatic heterocycles. The number of benzene rings is 2. The number of ether oxygens (including phenoxy) is 2. The molecular weight excluding hydrogens is 536 g/mol. The highest BCUT2D eigenvalue weighted by Gasteiger charge is 2.22. The van der Waals surface area contributed by atoms with E-state index in [4.69, 9.17) is 9.47 Å². The third-order valence-corrected chi connectivity index (χ3v) is 7.90. The molecule has 35 heavy (non-hydrogen) atoms. The summed E-state index contributed by atoms with van der Waals surface area (Å²) in [5.41, 5.74) is 2.15. The van der Waals surface area contributed by atoms with Crippen LogP contribution in [0.4, 0.5) is 28.8 Å². The maximum absolute atomic E-state index is 12.8. The van der Waals surface area contributed by atoms with Gasteiger partial charge in [0.05, 0.1) is 36.2 Å². The zero-order valence-corrected chi connectivity index (χ0v) is 22.1. The number of nitrogens with one attached hydrogen (secondary N) is 2. The second kappa shape index (κ2) is 10.8. The first-order valence-corrected chi connectivity index (χ1v) is 13.1. The van der Waals surface area contributed by atoms with Crippen molar-refractivity contribution in [2.24, 2.45) is 0 Å². The van der Waals surface area contributed by atoms with Gasteiger partial charge in [-0.05, 0) is 46.3 Å². The number of aromatic nitrogens is 2. The Morgan fingerprint density at radius 1 is 1.09 bits per heavy atom. The van der Waals surface area contributed by atoms with Crippen molar-refractivity contribution in [1.29, 1.82) is 0 Å². The summed E-state index contributed by atoms with van der Waals surface area (Å²) in [5.74, 6) is 1.37. The van der Waals surface area contributed by atoms with Crippen LogP contribution < -0.4 is 20.3 Å². The highest BCUT2D eigenvalue weighted by atomic mass is 79.9. The molecule has 2 aromatic carbocycles. The minimum Gasteiger partial charge on any atom is -0.495 e. The van der Waals surface area contributed by atoms with Crippen LogP contribution in [0.1, 0.15) is 0 Å². The van der Waals surface area contributed by atoms with Gasteiger partial charge in [0, 0.05) is 39.1 Å². The smallest absolute Gasteiger partial charge is 0.244 e. The Labute approximate surface area is 213 Å². The van der Waals surface area contributed by atoms with Gasteiger partial charge in [0.1, 0.15) is 16.5 Å². The Morgan fingerprint density at radius 3 is 2.54 bits per heavy atom. The van der Waals surface area contributed by atoms with Crippen molar-refractivity contribution in [2.75, 3.05) is 63.0 Å². The number of halogens is 1. The molecule has 0 unspecified atom stereocenters. The molecule has 0 aliphatic carbocycles. The van der Waals surface area contributed by atoms with Gasteiger partial charge in [-0.3, -0.25) is 0 Å². The Balaban J connectivity index is 1.63. The molecule has 1 aliphatic rings. The van der Waals surface area contributed by atoms with Gasteiger partial charge in [0.15, 0.2) is 0 Å². The lowest BCUT2D eigenvalue weighted by Crippen LogP contribution is -2.36. The highest BCUT2D eigenvalue weighted by molar-refractivity contribution is 9.10. The fourth-order valence-electron chi connectivity index (χ4n) is 3.57. The molecule has 186 valence electrons. The lowest BCUT2D eigenvalue weighted by atomic mass is 10.2. The zero-order chi connectivity index (χ0) is 25.0. The van der Waals surface area contributed by atoms with Crippen LogP contribution in [0.2, 0.25) is 0 Å². The van der Waals surface area contributed by atoms with Crippen LogP contribution >= 0.6 is 15.9 Å². The summed E-state index contributed by atoms with van der Waals surface area (Å²) in [6, 6.07) is 12.6. The van der Waals surface area contributed by atoms with Crippen LogP contribution in [0, 0.1) is 0 Å². The summed E-state index contributed by atoms with van der Waals surface area (Å²) in [6.07, 6.45) is 1.60. The Bertz CT molecular complexity index is 1300. The molecule has 1 saturated heterocycles. The van der Waals surface area contributed by atoms with Gasteiger partial charge in [0.2, 0.25) is 16.0 Å². The first-order valence-electron chi connectivity index (χ1n) is 10.9. The molecule has 0 saturated carbocycles. The van der Waals surface area contributed by atoms with Gasteiger partial charge >= 0.3 is 0 Å². The minimum atomic E-state index is -3.66. The molecule has 0 spiro atoms. The van der Waals surface area contributed by atoms with E-state index in [0.29, 0.717) is 46.6 Å². The number of hydrogen-bond donors (Lipinski definition) is 2. The van der Waals surface area contributed by atoms with E-state index < -0.39 is 10.0 Å². The summed E-state index contributed by atoms with van der Waals surface area (Å²) in [7, 11) is 0.933. The monoisotopic (exact) mass is 562 g/mol. The van der Waals surface area contributed by atoms with Gasteiger partial charge < -0.3 is 25.0 Å². The topological polar surface area (TPSA) is 109 Å². The van der Waals surface area contributed by atoms with E-state index >= 15 is 0 Å². The van der Waals surface area contributed by atoms with E-state index in [1.54, 1.807) is 37.6 Å². The number of methoxy groups -OCH3 is 1. The highest BCUT2D eigenvalue weighted by Crippen LogP contribution is 2.33. The third kappa shape index (κ3) is 5.67. The lowest BCUT2D eigenvalue weighted by Gasteiger charge is -2.29. The van der Waals surface area contributed by atoms with Crippen molar-refractivity contribution in [1.82, 2.24) is 14.3 Å². The predicted octanol–water partition coefficient (Wildman–Crippen LogP) is 3.82. The van der Waals surface area contributed by atoms with Crippen LogP contribution in [0.5, 0.6) is 5.75 Å². The summed E-state index contributed by atoms with van der Waals surface area (Å²) in [6.45, 7) is 2.99. The number of nitrogens with zero attached hydrogens (tertiary/aromatic N) is 4. The molecule has 1 aromatic heterocycles. The number of anilines is 5. The summed E-state index contributed by atoms with van der Waals surface area (Å²) in [4.78, 5) is 11.3. The molecule has 0 radical (unpaired) electrons. The van der Waals surface area contributed by atoms with Crippen LogP contribution in [0.15, 0.2) is 58.0 Å². The Morgan fingerprint density at radius 2 is 1.83 bits per heavy atom. The molecule has 0 bridgehead atoms. The standard InChI is InChI=1S/C23H27BrN6O4S/c1-29(2)35(31,32)21-7-5-4-6-18(21)26-22-17(24)15-25-23(28-22)27-19-14-16(8-9-20(19)33-3)30-10-12-34-13-11-30/h4-9,14-15H,10-13H2,1-3H3,(H2,25,26,27,28). The van der Waals surface area contributed by atoms with Gasteiger partial charge in [-0.25, -0.2) is 17.7 Å². The number of sulfonamides is 1. The largest absolute Gasteiger partial charge is 0.495 e. The fraction of sp³-hybridized carbons (Fsp3) is 0.304. The molecule has 2 N–H and O–H groups in total. The predicted molar refractivity (Wildman–Crippen MR) is 140 cm³/mol. The summed E-state index contributed by atoms with van der Waals surface area (Å²) >= 11 is 3.45. The van der Waals surface area contributed by atoms with Crippen LogP contribution in [-0.4, -0.2) is 70.2 Å². The first-order chi connectivity index (χ1) is 16.8. The van der Waals surface area contributed by atoms with E-state index in [-0.39, 0.29) is 4.90 Å². The van der Waals surface area contributed by atoms with Crippen LogP contribution in [-0.2, 0) is 14.8 Å². The molecule has 0 amide bonds. The van der Waals surface area contributed by atoms with E-state index in [2.05, 4.69) is 41.4 Å². The molecule has 4 rings (SSSR count). The Kier molecular flexibility index (Phi) is 7.75. The van der Waals surface area contributed by atoms with Crippen molar-refractivity contribution in [3.05, 3.63) is 53.1 Å². The van der Waals surface area contributed by atoms with Crippen LogP contribution in [0.25, 0.3) is 0 Å².